The van der Waals surface area contributed by atoms with Gasteiger partial charge in [0.25, 0.3) is 11.7 Å². The lowest BCUT2D eigenvalue weighted by Gasteiger charge is -1.81. The SMILES string of the molecule is NC(=O)c1[nH]c[nH+]c1N. The van der Waals surface area contributed by atoms with Crippen molar-refractivity contribution in [2.24, 2.45) is 5.73 Å². The van der Waals surface area contributed by atoms with Gasteiger partial charge in [0.1, 0.15) is 0 Å². The molecule has 5 nitrogen and oxygen atoms in total. The van der Waals surface area contributed by atoms with Gasteiger partial charge in [-0.2, -0.15) is 0 Å². The lowest BCUT2D eigenvalue weighted by molar-refractivity contribution is -0.358. The van der Waals surface area contributed by atoms with Gasteiger partial charge in [0, 0.05) is 0 Å². The normalized spacial score (nSPS) is 9.33. The zero-order valence-corrected chi connectivity index (χ0v) is 4.64. The number of hydrogen-bond donors (Lipinski definition) is 3. The molecule has 0 radical (unpaired) electrons. The monoisotopic (exact) mass is 127 g/mol. The average molecular weight is 127 g/mol. The van der Waals surface area contributed by atoms with Crippen LogP contribution >= 0.6 is 0 Å². The van der Waals surface area contributed by atoms with Crippen molar-refractivity contribution in [3.63, 3.8) is 0 Å². The van der Waals surface area contributed by atoms with Crippen LogP contribution in [0.25, 0.3) is 0 Å². The van der Waals surface area contributed by atoms with E-state index in [0.29, 0.717) is 0 Å². The van der Waals surface area contributed by atoms with E-state index in [1.165, 1.54) is 6.33 Å². The van der Waals surface area contributed by atoms with E-state index in [4.69, 9.17) is 11.5 Å². The number of rotatable bonds is 1. The zero-order chi connectivity index (χ0) is 6.85. The summed E-state index contributed by atoms with van der Waals surface area (Å²) in [6, 6.07) is 0. The van der Waals surface area contributed by atoms with Crippen LogP contribution in [0.15, 0.2) is 6.33 Å². The Kier molecular flexibility index (Phi) is 1.11. The number of amides is 1. The molecule has 0 aromatic carbocycles. The fourth-order valence-corrected chi connectivity index (χ4v) is 0.540. The summed E-state index contributed by atoms with van der Waals surface area (Å²) in [7, 11) is 0. The molecule has 5 heteroatoms. The topological polar surface area (TPSA) is 99.0 Å². The molecule has 0 aliphatic carbocycles. The first-order chi connectivity index (χ1) is 4.22. The average Bonchev–Trinajstić information content (AvgIpc) is 2.13. The van der Waals surface area contributed by atoms with Gasteiger partial charge in [-0.3, -0.25) is 14.8 Å². The number of H-pyrrole nitrogens is 2. The van der Waals surface area contributed by atoms with Crippen molar-refractivity contribution in [2.75, 3.05) is 5.73 Å². The van der Waals surface area contributed by atoms with E-state index >= 15 is 0 Å². The largest absolute Gasteiger partial charge is 0.363 e. The van der Waals surface area contributed by atoms with E-state index in [0.717, 1.165) is 0 Å². The maximum atomic E-state index is 10.4. The van der Waals surface area contributed by atoms with Gasteiger partial charge in [0.2, 0.25) is 5.69 Å². The first-order valence-electron chi connectivity index (χ1n) is 2.36. The van der Waals surface area contributed by atoms with Crippen molar-refractivity contribution in [1.82, 2.24) is 4.98 Å². The second kappa shape index (κ2) is 1.77. The number of imidazole rings is 1. The molecule has 0 spiro atoms. The molecule has 9 heavy (non-hydrogen) atoms. The molecule has 0 saturated heterocycles. The Labute approximate surface area is 51.1 Å². The molecule has 1 aromatic heterocycles. The first kappa shape index (κ1) is 5.61. The smallest absolute Gasteiger partial charge is 0.287 e. The van der Waals surface area contributed by atoms with Crippen LogP contribution in [-0.2, 0) is 0 Å². The molecular formula is C4H7N4O+. The van der Waals surface area contributed by atoms with Gasteiger partial charge in [-0.05, 0) is 0 Å². The molecule has 1 amide bonds. The van der Waals surface area contributed by atoms with Gasteiger partial charge in [0.15, 0.2) is 6.33 Å². The highest BCUT2D eigenvalue weighted by molar-refractivity contribution is 5.94. The van der Waals surface area contributed by atoms with E-state index < -0.39 is 5.91 Å². The molecule has 1 rings (SSSR count). The third-order valence-electron chi connectivity index (χ3n) is 0.960. The first-order valence-corrected chi connectivity index (χ1v) is 2.36. The molecule has 6 N–H and O–H groups in total. The van der Waals surface area contributed by atoms with Crippen molar-refractivity contribution in [1.29, 1.82) is 0 Å². The van der Waals surface area contributed by atoms with Crippen LogP contribution in [-0.4, -0.2) is 10.9 Å². The fraction of sp³-hybridized carbons (Fsp3) is 0. The Morgan fingerprint density at radius 3 is 2.67 bits per heavy atom. The van der Waals surface area contributed by atoms with Crippen molar-refractivity contribution in [2.45, 2.75) is 0 Å². The minimum Gasteiger partial charge on any atom is -0.363 e. The predicted octanol–water partition coefficient (Wildman–Crippen LogP) is -1.49. The van der Waals surface area contributed by atoms with Crippen LogP contribution in [0, 0.1) is 0 Å². The molecule has 0 aliphatic rings. The summed E-state index contributed by atoms with van der Waals surface area (Å²) in [4.78, 5) is 15.5. The third-order valence-corrected chi connectivity index (χ3v) is 0.960. The van der Waals surface area contributed by atoms with Gasteiger partial charge in [-0.15, -0.1) is 0 Å². The predicted molar refractivity (Wildman–Crippen MR) is 30.3 cm³/mol. The Balaban J connectivity index is 3.08. The van der Waals surface area contributed by atoms with Gasteiger partial charge in [-0.25, -0.2) is 0 Å². The van der Waals surface area contributed by atoms with Crippen LogP contribution in [0.2, 0.25) is 0 Å². The van der Waals surface area contributed by atoms with E-state index in [2.05, 4.69) is 9.97 Å². The van der Waals surface area contributed by atoms with Crippen molar-refractivity contribution < 1.29 is 9.78 Å². The van der Waals surface area contributed by atoms with Crippen molar-refractivity contribution in [3.8, 4) is 0 Å². The number of nitrogens with one attached hydrogen (secondary N) is 2. The number of carbonyl (C=O) groups excluding carboxylic acids is 1. The molecule has 1 aromatic rings. The number of carbonyl (C=O) groups is 1. The van der Waals surface area contributed by atoms with E-state index in [-0.39, 0.29) is 11.5 Å². The van der Waals surface area contributed by atoms with Gasteiger partial charge in [-0.1, -0.05) is 0 Å². The molecule has 0 aliphatic heterocycles. The maximum Gasteiger partial charge on any atom is 0.287 e. The lowest BCUT2D eigenvalue weighted by atomic mass is 10.4. The molecule has 48 valence electrons. The molecule has 0 atom stereocenters. The number of aromatic amines is 2. The maximum absolute atomic E-state index is 10.4. The molecule has 0 saturated carbocycles. The highest BCUT2D eigenvalue weighted by Crippen LogP contribution is 1.95. The Bertz CT molecular complexity index is 228. The van der Waals surface area contributed by atoms with Gasteiger partial charge < -0.3 is 11.5 Å². The summed E-state index contributed by atoms with van der Waals surface area (Å²) in [5.41, 5.74) is 10.4. The van der Waals surface area contributed by atoms with Crippen LogP contribution in [0.1, 0.15) is 10.5 Å². The quantitative estimate of drug-likeness (QED) is 0.428. The van der Waals surface area contributed by atoms with Crippen LogP contribution in [0.4, 0.5) is 5.82 Å². The Morgan fingerprint density at radius 1 is 1.78 bits per heavy atom. The summed E-state index contributed by atoms with van der Waals surface area (Å²) in [5.74, 6) is -0.295. The minimum atomic E-state index is -0.561. The zero-order valence-electron chi connectivity index (χ0n) is 4.64. The summed E-state index contributed by atoms with van der Waals surface area (Å²) in [6.45, 7) is 0. The number of nitrogen functional groups attached to an aromatic ring is 1. The lowest BCUT2D eigenvalue weighted by Crippen LogP contribution is -2.15. The number of hydrogen-bond acceptors (Lipinski definition) is 2. The fourth-order valence-electron chi connectivity index (χ4n) is 0.540. The summed E-state index contributed by atoms with van der Waals surface area (Å²) in [5, 5.41) is 0. The van der Waals surface area contributed by atoms with Crippen molar-refractivity contribution in [3.05, 3.63) is 12.0 Å². The Morgan fingerprint density at radius 2 is 2.44 bits per heavy atom. The Hall–Kier alpha value is -1.52. The molecule has 0 unspecified atom stereocenters. The highest BCUT2D eigenvalue weighted by atomic mass is 16.1. The van der Waals surface area contributed by atoms with Crippen LogP contribution in [0.3, 0.4) is 0 Å². The van der Waals surface area contributed by atoms with E-state index in [1.807, 2.05) is 0 Å². The summed E-state index contributed by atoms with van der Waals surface area (Å²) in [6.07, 6.45) is 1.44. The number of primary amides is 1. The molecular weight excluding hydrogens is 120 g/mol. The van der Waals surface area contributed by atoms with Crippen molar-refractivity contribution >= 4 is 11.7 Å². The van der Waals surface area contributed by atoms with Crippen LogP contribution in [0.5, 0.6) is 0 Å². The third kappa shape index (κ3) is 0.835. The molecule has 0 bridgehead atoms. The number of anilines is 1. The minimum absolute atomic E-state index is 0.218. The van der Waals surface area contributed by atoms with E-state index in [9.17, 15) is 4.79 Å². The summed E-state index contributed by atoms with van der Waals surface area (Å²) < 4.78 is 0. The number of nitrogens with two attached hydrogens (primary N) is 2. The van der Waals surface area contributed by atoms with Gasteiger partial charge >= 0.3 is 0 Å². The second-order valence-electron chi connectivity index (χ2n) is 1.59. The summed E-state index contributed by atoms with van der Waals surface area (Å²) >= 11 is 0. The molecule has 1 heterocycles. The van der Waals surface area contributed by atoms with E-state index in [1.54, 1.807) is 0 Å². The number of aromatic nitrogens is 2. The second-order valence-corrected chi connectivity index (χ2v) is 1.59. The highest BCUT2D eigenvalue weighted by Gasteiger charge is 2.11. The van der Waals surface area contributed by atoms with Gasteiger partial charge in [0.05, 0.1) is 0 Å². The standard InChI is InChI=1S/C4H6N4O/c5-3-2(4(6)9)7-1-8-3/h1H,5H2,(H2,6,9)(H,7,8)/p+1. The van der Waals surface area contributed by atoms with Crippen LogP contribution < -0.4 is 16.5 Å². The molecule has 0 fully saturated rings.